The number of nitrogens with zero attached hydrogens (tertiary/aromatic N) is 2. The Balaban J connectivity index is 0.830. The van der Waals surface area contributed by atoms with Crippen molar-refractivity contribution in [3.63, 3.8) is 0 Å². The van der Waals surface area contributed by atoms with E-state index in [1.807, 2.05) is 0 Å². The van der Waals surface area contributed by atoms with Crippen molar-refractivity contribution in [1.29, 1.82) is 0 Å². The molecule has 0 fully saturated rings. The van der Waals surface area contributed by atoms with Gasteiger partial charge >= 0.3 is 0 Å². The quantitative estimate of drug-likeness (QED) is 0.0944. The molecule has 20 rings (SSSR count). The second-order valence-electron chi connectivity index (χ2n) is 28.5. The molecular formula is C108H72N2. The van der Waals surface area contributed by atoms with Gasteiger partial charge in [-0.05, 0) is 198 Å². The zero-order chi connectivity index (χ0) is 72.9. The third-order valence-electron chi connectivity index (χ3n) is 22.3. The molecule has 0 aliphatic carbocycles. The Morgan fingerprint density at radius 3 is 1.05 bits per heavy atom. The van der Waals surface area contributed by atoms with Gasteiger partial charge in [0.05, 0.1) is 28.4 Å². The lowest BCUT2D eigenvalue weighted by Gasteiger charge is -2.33. The normalized spacial score (nSPS) is 11.5. The minimum atomic E-state index is 1.04. The fourth-order valence-electron chi connectivity index (χ4n) is 17.2. The van der Waals surface area contributed by atoms with Gasteiger partial charge in [0.1, 0.15) is 0 Å². The largest absolute Gasteiger partial charge is 0.309 e. The van der Waals surface area contributed by atoms with Gasteiger partial charge in [-0.1, -0.05) is 376 Å². The summed E-state index contributed by atoms with van der Waals surface area (Å²) in [4.78, 5) is 5.11. The van der Waals surface area contributed by atoms with E-state index in [-0.39, 0.29) is 0 Å². The number of hydrogen-bond acceptors (Lipinski definition) is 2. The summed E-state index contributed by atoms with van der Waals surface area (Å²) < 4.78 is 0. The SMILES string of the molecule is c1ccc(-c2ccc(-c3ccccc3)c(N(c3ccccc3-c3cccc4ccccc34)c3ccc(-c4cccc5c(-c6ccccc6N(c6ccc(-c7ccccc7)c(-c7ccccc7)c6)c6ccccc6-c6cc7ccccc7c7ccccc67)cccc45)cc3-c3cc4ccccc4c4ccccc34)c2)cc1. The minimum absolute atomic E-state index is 1.04. The minimum Gasteiger partial charge on any atom is -0.309 e. The Morgan fingerprint density at radius 2 is 0.473 bits per heavy atom. The van der Waals surface area contributed by atoms with E-state index in [4.69, 9.17) is 0 Å². The molecule has 110 heavy (non-hydrogen) atoms. The molecule has 0 atom stereocenters. The van der Waals surface area contributed by atoms with Crippen molar-refractivity contribution in [1.82, 2.24) is 0 Å². The average Bonchev–Trinajstić information content (AvgIpc) is 0.740. The van der Waals surface area contributed by atoms with Crippen molar-refractivity contribution >= 4 is 98.8 Å². The fourth-order valence-corrected chi connectivity index (χ4v) is 17.2. The molecule has 0 radical (unpaired) electrons. The molecule has 0 unspecified atom stereocenters. The summed E-state index contributed by atoms with van der Waals surface area (Å²) in [5.41, 5.74) is 26.8. The average molecular weight is 1400 g/mol. The Morgan fingerprint density at radius 1 is 0.118 bits per heavy atom. The molecule has 0 saturated carbocycles. The lowest BCUT2D eigenvalue weighted by atomic mass is 9.87. The molecular weight excluding hydrogens is 1330 g/mol. The number of benzene rings is 20. The molecule has 0 aliphatic heterocycles. The Hall–Kier alpha value is -14.4. The van der Waals surface area contributed by atoms with Crippen molar-refractivity contribution in [2.24, 2.45) is 0 Å². The summed E-state index contributed by atoms with van der Waals surface area (Å²) in [7, 11) is 0. The number of hydrogen-bond donors (Lipinski definition) is 0. The van der Waals surface area contributed by atoms with Crippen molar-refractivity contribution < 1.29 is 0 Å². The van der Waals surface area contributed by atoms with E-state index in [1.54, 1.807) is 0 Å². The second kappa shape index (κ2) is 28.1. The van der Waals surface area contributed by atoms with E-state index in [1.165, 1.54) is 65.0 Å². The lowest BCUT2D eigenvalue weighted by Crippen LogP contribution is -2.14. The highest BCUT2D eigenvalue weighted by Gasteiger charge is 2.29. The molecule has 2 heteroatoms. The molecule has 0 aliphatic rings. The molecule has 0 saturated heterocycles. The maximum absolute atomic E-state index is 2.58. The van der Waals surface area contributed by atoms with Gasteiger partial charge in [0, 0.05) is 33.5 Å². The maximum atomic E-state index is 2.58. The number of para-hydroxylation sites is 3. The fraction of sp³-hybridized carbons (Fsp3) is 0. The molecule has 0 spiro atoms. The van der Waals surface area contributed by atoms with Crippen LogP contribution in [0.3, 0.4) is 0 Å². The van der Waals surface area contributed by atoms with Crippen LogP contribution in [0.15, 0.2) is 437 Å². The van der Waals surface area contributed by atoms with Crippen LogP contribution in [0.25, 0.3) is 165 Å². The molecule has 20 aromatic carbocycles. The van der Waals surface area contributed by atoms with E-state index in [9.17, 15) is 0 Å². The molecule has 0 N–H and O–H groups in total. The van der Waals surface area contributed by atoms with Gasteiger partial charge in [-0.15, -0.1) is 0 Å². The van der Waals surface area contributed by atoms with E-state index >= 15 is 0 Å². The molecule has 20 aromatic rings. The second-order valence-corrected chi connectivity index (χ2v) is 28.5. The van der Waals surface area contributed by atoms with Crippen molar-refractivity contribution in [3.05, 3.63) is 437 Å². The number of anilines is 6. The van der Waals surface area contributed by atoms with Gasteiger partial charge in [-0.3, -0.25) is 0 Å². The predicted octanol–water partition coefficient (Wildman–Crippen LogP) is 30.5. The highest BCUT2D eigenvalue weighted by molar-refractivity contribution is 6.18. The first-order valence-corrected chi connectivity index (χ1v) is 38.0. The Labute approximate surface area is 641 Å². The monoisotopic (exact) mass is 1400 g/mol. The summed E-state index contributed by atoms with van der Waals surface area (Å²) in [6, 6.07) is 162. The maximum Gasteiger partial charge on any atom is 0.0546 e. The first kappa shape index (κ1) is 65.1. The number of fused-ring (bicyclic) bond motifs is 8. The van der Waals surface area contributed by atoms with Gasteiger partial charge in [0.2, 0.25) is 0 Å². The van der Waals surface area contributed by atoms with Gasteiger partial charge in [-0.2, -0.15) is 0 Å². The lowest BCUT2D eigenvalue weighted by molar-refractivity contribution is 1.28. The predicted molar refractivity (Wildman–Crippen MR) is 470 cm³/mol. The summed E-state index contributed by atoms with van der Waals surface area (Å²) in [6.07, 6.45) is 0. The molecule has 0 bridgehead atoms. The van der Waals surface area contributed by atoms with Crippen LogP contribution in [0.5, 0.6) is 0 Å². The van der Waals surface area contributed by atoms with Crippen LogP contribution in [-0.4, -0.2) is 0 Å². The van der Waals surface area contributed by atoms with Gasteiger partial charge in [0.15, 0.2) is 0 Å². The smallest absolute Gasteiger partial charge is 0.0546 e. The van der Waals surface area contributed by atoms with E-state index in [2.05, 4.69) is 447 Å². The van der Waals surface area contributed by atoms with Gasteiger partial charge in [0.25, 0.3) is 0 Å². The van der Waals surface area contributed by atoms with E-state index in [0.717, 1.165) is 134 Å². The summed E-state index contributed by atoms with van der Waals surface area (Å²) >= 11 is 0. The molecule has 0 heterocycles. The zero-order valence-corrected chi connectivity index (χ0v) is 60.5. The third kappa shape index (κ3) is 11.6. The first-order chi connectivity index (χ1) is 54.6. The van der Waals surface area contributed by atoms with Crippen LogP contribution in [-0.2, 0) is 0 Å². The highest BCUT2D eigenvalue weighted by Crippen LogP contribution is 2.54. The summed E-state index contributed by atoms with van der Waals surface area (Å²) in [5, 5.41) is 14.3. The highest BCUT2D eigenvalue weighted by atomic mass is 15.2. The summed E-state index contributed by atoms with van der Waals surface area (Å²) in [6.45, 7) is 0. The van der Waals surface area contributed by atoms with Crippen molar-refractivity contribution in [3.8, 4) is 100 Å². The molecule has 2 nitrogen and oxygen atoms in total. The standard InChI is InChI=1S/C108H72N2/c1-5-32-73(33-6-1)78-62-65-88(76-36-9-3-10-37-76)108(71-78)110(106-61-28-24-51-97(106)92-55-29-43-75-40-13-16-44-83(75)92)107-67-63-81(70-103(107)102-69-80-42-15-18-46-85(80)90-48-20-22-50-96(90)102)86-54-30-57-93-91(86)56-31-58-94(93)98-52-23-26-59-104(98)109(82-64-66-87(74-34-7-2-8-35-74)100(72-82)77-38-11-4-12-39-77)105-60-27-25-53-99(105)101-68-79-41-14-17-45-84(79)89-47-19-21-49-95(89)101/h1-72H. The van der Waals surface area contributed by atoms with E-state index in [0.29, 0.717) is 0 Å². The molecule has 514 valence electrons. The van der Waals surface area contributed by atoms with Crippen LogP contribution in [0.1, 0.15) is 0 Å². The van der Waals surface area contributed by atoms with Gasteiger partial charge in [-0.25, -0.2) is 0 Å². The molecule has 0 aromatic heterocycles. The summed E-state index contributed by atoms with van der Waals surface area (Å²) in [5.74, 6) is 0. The van der Waals surface area contributed by atoms with Crippen molar-refractivity contribution in [2.75, 3.05) is 9.80 Å². The topological polar surface area (TPSA) is 6.48 Å². The first-order valence-electron chi connectivity index (χ1n) is 38.0. The van der Waals surface area contributed by atoms with E-state index < -0.39 is 0 Å². The third-order valence-corrected chi connectivity index (χ3v) is 22.3. The number of rotatable bonds is 15. The van der Waals surface area contributed by atoms with Gasteiger partial charge < -0.3 is 9.80 Å². The van der Waals surface area contributed by atoms with Crippen molar-refractivity contribution in [2.45, 2.75) is 0 Å². The Bertz CT molecular complexity index is 6900. The van der Waals surface area contributed by atoms with Crippen LogP contribution in [0.4, 0.5) is 34.1 Å². The van der Waals surface area contributed by atoms with Crippen LogP contribution in [0, 0.1) is 0 Å². The zero-order valence-electron chi connectivity index (χ0n) is 60.5. The van der Waals surface area contributed by atoms with Crippen LogP contribution in [0.2, 0.25) is 0 Å². The molecule has 0 amide bonds. The Kier molecular flexibility index (Phi) is 16.6. The van der Waals surface area contributed by atoms with Crippen LogP contribution < -0.4 is 9.80 Å². The van der Waals surface area contributed by atoms with Crippen LogP contribution >= 0.6 is 0 Å².